The van der Waals surface area contributed by atoms with E-state index in [4.69, 9.17) is 4.74 Å². The van der Waals surface area contributed by atoms with Gasteiger partial charge in [0.1, 0.15) is 11.6 Å². The molecule has 6 heteroatoms. The standard InChI is InChI=1S/C17H16FN3O2/c1-23-17-14(3-2-8-20-17)16-19-9-10-21(16)15(11-22)12-4-6-13(18)7-5-12/h2-10,15,22H,11H2,1H3. The summed E-state index contributed by atoms with van der Waals surface area (Å²) in [6.45, 7) is -0.141. The van der Waals surface area contributed by atoms with Crippen LogP contribution in [0.5, 0.6) is 5.88 Å². The Hall–Kier alpha value is -2.73. The maximum absolute atomic E-state index is 13.1. The van der Waals surface area contributed by atoms with E-state index in [1.807, 2.05) is 10.6 Å². The summed E-state index contributed by atoms with van der Waals surface area (Å²) in [5.74, 6) is 0.763. The zero-order valence-electron chi connectivity index (χ0n) is 12.6. The Morgan fingerprint density at radius 2 is 1.96 bits per heavy atom. The minimum atomic E-state index is -0.377. The van der Waals surface area contributed by atoms with Crippen LogP contribution in [0.1, 0.15) is 11.6 Å². The van der Waals surface area contributed by atoms with Gasteiger partial charge < -0.3 is 14.4 Å². The lowest BCUT2D eigenvalue weighted by atomic mass is 10.1. The molecule has 3 rings (SSSR count). The summed E-state index contributed by atoms with van der Waals surface area (Å²) in [4.78, 5) is 8.54. The molecule has 0 saturated heterocycles. The molecular weight excluding hydrogens is 297 g/mol. The topological polar surface area (TPSA) is 60.2 Å². The van der Waals surface area contributed by atoms with Crippen molar-refractivity contribution < 1.29 is 14.2 Å². The molecule has 0 aliphatic heterocycles. The Balaban J connectivity index is 2.07. The molecule has 2 heterocycles. The average molecular weight is 313 g/mol. The fourth-order valence-electron chi connectivity index (χ4n) is 2.54. The number of methoxy groups -OCH3 is 1. The summed E-state index contributed by atoms with van der Waals surface area (Å²) in [5.41, 5.74) is 1.51. The van der Waals surface area contributed by atoms with Crippen LogP contribution in [0.25, 0.3) is 11.4 Å². The predicted molar refractivity (Wildman–Crippen MR) is 83.6 cm³/mol. The quantitative estimate of drug-likeness (QED) is 0.787. The van der Waals surface area contributed by atoms with Crippen molar-refractivity contribution >= 4 is 0 Å². The maximum atomic E-state index is 13.1. The summed E-state index contributed by atoms with van der Waals surface area (Å²) < 4.78 is 20.2. The van der Waals surface area contributed by atoms with Gasteiger partial charge in [-0.3, -0.25) is 0 Å². The first kappa shape index (κ1) is 15.2. The van der Waals surface area contributed by atoms with Crippen LogP contribution in [0, 0.1) is 5.82 Å². The molecule has 0 aliphatic rings. The highest BCUT2D eigenvalue weighted by atomic mass is 19.1. The minimum absolute atomic E-state index is 0.141. The van der Waals surface area contributed by atoms with Gasteiger partial charge in [0.2, 0.25) is 5.88 Å². The van der Waals surface area contributed by atoms with Crippen LogP contribution in [0.2, 0.25) is 0 Å². The molecule has 23 heavy (non-hydrogen) atoms. The Morgan fingerprint density at radius 1 is 1.17 bits per heavy atom. The number of ether oxygens (including phenoxy) is 1. The Morgan fingerprint density at radius 3 is 2.65 bits per heavy atom. The van der Waals surface area contributed by atoms with Gasteiger partial charge in [-0.05, 0) is 29.8 Å². The first-order valence-electron chi connectivity index (χ1n) is 7.13. The second-order valence-corrected chi connectivity index (χ2v) is 4.97. The fraction of sp³-hybridized carbons (Fsp3) is 0.176. The molecule has 0 spiro atoms. The third kappa shape index (κ3) is 2.93. The van der Waals surface area contributed by atoms with Crippen LogP contribution in [0.3, 0.4) is 0 Å². The van der Waals surface area contributed by atoms with Gasteiger partial charge >= 0.3 is 0 Å². The van der Waals surface area contributed by atoms with Crippen molar-refractivity contribution in [2.45, 2.75) is 6.04 Å². The number of pyridine rings is 1. The number of aromatic nitrogens is 3. The van der Waals surface area contributed by atoms with E-state index in [1.165, 1.54) is 12.1 Å². The van der Waals surface area contributed by atoms with E-state index in [0.717, 1.165) is 11.1 Å². The molecule has 1 unspecified atom stereocenters. The molecule has 0 amide bonds. The fourth-order valence-corrected chi connectivity index (χ4v) is 2.54. The Bertz CT molecular complexity index is 787. The number of halogens is 1. The van der Waals surface area contributed by atoms with Crippen molar-refractivity contribution in [2.24, 2.45) is 0 Å². The number of imidazole rings is 1. The summed E-state index contributed by atoms with van der Waals surface area (Å²) in [6.07, 6.45) is 5.05. The molecular formula is C17H16FN3O2. The smallest absolute Gasteiger partial charge is 0.224 e. The van der Waals surface area contributed by atoms with Crippen molar-refractivity contribution in [3.8, 4) is 17.3 Å². The Labute approximate surface area is 133 Å². The van der Waals surface area contributed by atoms with Crippen molar-refractivity contribution in [3.63, 3.8) is 0 Å². The molecule has 1 atom stereocenters. The monoisotopic (exact) mass is 313 g/mol. The zero-order valence-corrected chi connectivity index (χ0v) is 12.6. The van der Waals surface area contributed by atoms with Gasteiger partial charge in [-0.1, -0.05) is 12.1 Å². The number of aliphatic hydroxyl groups is 1. The van der Waals surface area contributed by atoms with E-state index in [1.54, 1.807) is 43.9 Å². The summed E-state index contributed by atoms with van der Waals surface area (Å²) in [6, 6.07) is 9.32. The van der Waals surface area contributed by atoms with Crippen molar-refractivity contribution in [1.82, 2.24) is 14.5 Å². The second-order valence-electron chi connectivity index (χ2n) is 4.97. The molecule has 1 N–H and O–H groups in total. The van der Waals surface area contributed by atoms with E-state index in [-0.39, 0.29) is 18.5 Å². The van der Waals surface area contributed by atoms with Gasteiger partial charge in [-0.15, -0.1) is 0 Å². The summed E-state index contributed by atoms with van der Waals surface area (Å²) in [7, 11) is 1.54. The lowest BCUT2D eigenvalue weighted by Crippen LogP contribution is -2.15. The first-order chi connectivity index (χ1) is 11.2. The molecule has 5 nitrogen and oxygen atoms in total. The number of nitrogens with zero attached hydrogens (tertiary/aromatic N) is 3. The van der Waals surface area contributed by atoms with Gasteiger partial charge in [0.25, 0.3) is 0 Å². The zero-order chi connectivity index (χ0) is 16.2. The highest BCUT2D eigenvalue weighted by molar-refractivity contribution is 5.62. The predicted octanol–water partition coefficient (Wildman–Crippen LogP) is 2.67. The van der Waals surface area contributed by atoms with E-state index in [0.29, 0.717) is 11.7 Å². The molecule has 0 fully saturated rings. The van der Waals surface area contributed by atoms with Gasteiger partial charge in [0.15, 0.2) is 0 Å². The third-order valence-electron chi connectivity index (χ3n) is 3.64. The molecule has 118 valence electrons. The molecule has 0 saturated carbocycles. The highest BCUT2D eigenvalue weighted by Gasteiger charge is 2.19. The number of benzene rings is 1. The molecule has 0 bridgehead atoms. The van der Waals surface area contributed by atoms with Crippen molar-refractivity contribution in [2.75, 3.05) is 13.7 Å². The average Bonchev–Trinajstić information content (AvgIpc) is 3.06. The molecule has 0 aliphatic carbocycles. The van der Waals surface area contributed by atoms with Crippen molar-refractivity contribution in [1.29, 1.82) is 0 Å². The van der Waals surface area contributed by atoms with Gasteiger partial charge in [0, 0.05) is 18.6 Å². The van der Waals surface area contributed by atoms with Crippen LogP contribution in [0.15, 0.2) is 55.0 Å². The number of hydrogen-bond donors (Lipinski definition) is 1. The summed E-state index contributed by atoms with van der Waals surface area (Å²) >= 11 is 0. The van der Waals surface area contributed by atoms with Gasteiger partial charge in [0.05, 0.1) is 25.3 Å². The number of aliphatic hydroxyl groups excluding tert-OH is 1. The van der Waals surface area contributed by atoms with Crippen LogP contribution in [0.4, 0.5) is 4.39 Å². The maximum Gasteiger partial charge on any atom is 0.224 e. The van der Waals surface area contributed by atoms with Crippen LogP contribution in [-0.2, 0) is 0 Å². The SMILES string of the molecule is COc1ncccc1-c1nccn1C(CO)c1ccc(F)cc1. The molecule has 2 aromatic heterocycles. The van der Waals surface area contributed by atoms with Gasteiger partial charge in [-0.25, -0.2) is 14.4 Å². The molecule has 0 radical (unpaired) electrons. The van der Waals surface area contributed by atoms with Crippen LogP contribution < -0.4 is 4.74 Å². The number of rotatable bonds is 5. The van der Waals surface area contributed by atoms with E-state index in [9.17, 15) is 9.50 Å². The third-order valence-corrected chi connectivity index (χ3v) is 3.64. The first-order valence-corrected chi connectivity index (χ1v) is 7.13. The lowest BCUT2D eigenvalue weighted by Gasteiger charge is -2.19. The molecule has 1 aromatic carbocycles. The minimum Gasteiger partial charge on any atom is -0.480 e. The van der Waals surface area contributed by atoms with E-state index >= 15 is 0 Å². The highest BCUT2D eigenvalue weighted by Crippen LogP contribution is 2.30. The molecule has 3 aromatic rings. The van der Waals surface area contributed by atoms with E-state index < -0.39 is 0 Å². The Kier molecular flexibility index (Phi) is 4.34. The number of hydrogen-bond acceptors (Lipinski definition) is 4. The van der Waals surface area contributed by atoms with Crippen LogP contribution >= 0.6 is 0 Å². The van der Waals surface area contributed by atoms with Gasteiger partial charge in [-0.2, -0.15) is 0 Å². The van der Waals surface area contributed by atoms with E-state index in [2.05, 4.69) is 9.97 Å². The second kappa shape index (κ2) is 6.58. The largest absolute Gasteiger partial charge is 0.480 e. The summed E-state index contributed by atoms with van der Waals surface area (Å²) in [5, 5.41) is 9.83. The lowest BCUT2D eigenvalue weighted by molar-refractivity contribution is 0.250. The van der Waals surface area contributed by atoms with Crippen molar-refractivity contribution in [3.05, 3.63) is 66.4 Å². The van der Waals surface area contributed by atoms with Crippen LogP contribution in [-0.4, -0.2) is 33.4 Å². The normalized spacial score (nSPS) is 12.1.